The molecule has 0 amide bonds. The standard InChI is InChI=1S/C8H11N.C2H6O3S/c9-7-6-8-4-2-1-3-5-8;1-2-6(3,4)5/h1-5H,6-7,9H2;2H2,1H3,(H,3,4,5). The van der Waals surface area contributed by atoms with Crippen molar-refractivity contribution in [2.45, 2.75) is 13.3 Å². The highest BCUT2D eigenvalue weighted by Crippen LogP contribution is 1.96. The van der Waals surface area contributed by atoms with Crippen molar-refractivity contribution >= 4 is 10.1 Å². The first kappa shape index (κ1) is 14.1. The molecule has 4 nitrogen and oxygen atoms in total. The van der Waals surface area contributed by atoms with Crippen LogP contribution in [0.3, 0.4) is 0 Å². The van der Waals surface area contributed by atoms with Crippen LogP contribution in [0.4, 0.5) is 0 Å². The molecular formula is C10H17NO3S. The van der Waals surface area contributed by atoms with E-state index in [0.29, 0.717) is 0 Å². The molecule has 3 N–H and O–H groups in total. The fourth-order valence-electron chi connectivity index (χ4n) is 0.811. The Hall–Kier alpha value is -0.910. The van der Waals surface area contributed by atoms with E-state index in [9.17, 15) is 8.42 Å². The summed E-state index contributed by atoms with van der Waals surface area (Å²) in [5.41, 5.74) is 6.68. The van der Waals surface area contributed by atoms with Gasteiger partial charge in [0.25, 0.3) is 10.1 Å². The van der Waals surface area contributed by atoms with Crippen molar-refractivity contribution in [2.75, 3.05) is 12.3 Å². The van der Waals surface area contributed by atoms with Gasteiger partial charge in [-0.3, -0.25) is 4.55 Å². The maximum Gasteiger partial charge on any atom is 0.264 e. The Bertz CT molecular complexity index is 348. The smallest absolute Gasteiger partial charge is 0.264 e. The van der Waals surface area contributed by atoms with Gasteiger partial charge in [-0.05, 0) is 25.5 Å². The fourth-order valence-corrected chi connectivity index (χ4v) is 0.811. The highest BCUT2D eigenvalue weighted by atomic mass is 32.2. The van der Waals surface area contributed by atoms with Gasteiger partial charge in [0.2, 0.25) is 0 Å². The normalized spacial score (nSPS) is 10.3. The summed E-state index contributed by atoms with van der Waals surface area (Å²) < 4.78 is 26.9. The fraction of sp³-hybridized carbons (Fsp3) is 0.400. The Morgan fingerprint density at radius 1 is 1.27 bits per heavy atom. The number of benzene rings is 1. The average Bonchev–Trinajstić information content (AvgIpc) is 2.20. The van der Waals surface area contributed by atoms with Crippen molar-refractivity contribution in [1.82, 2.24) is 0 Å². The topological polar surface area (TPSA) is 80.4 Å². The predicted molar refractivity (Wildman–Crippen MR) is 61.3 cm³/mol. The van der Waals surface area contributed by atoms with Gasteiger partial charge in [-0.25, -0.2) is 0 Å². The van der Waals surface area contributed by atoms with Crippen molar-refractivity contribution in [3.63, 3.8) is 0 Å². The quantitative estimate of drug-likeness (QED) is 0.763. The van der Waals surface area contributed by atoms with E-state index in [4.69, 9.17) is 10.3 Å². The maximum absolute atomic E-state index is 9.56. The Labute approximate surface area is 90.9 Å². The van der Waals surface area contributed by atoms with E-state index in [2.05, 4.69) is 12.1 Å². The lowest BCUT2D eigenvalue weighted by Crippen LogP contribution is -2.01. The van der Waals surface area contributed by atoms with Crippen molar-refractivity contribution in [3.8, 4) is 0 Å². The van der Waals surface area contributed by atoms with Gasteiger partial charge in [0.1, 0.15) is 0 Å². The number of rotatable bonds is 3. The minimum Gasteiger partial charge on any atom is -0.330 e. The molecule has 0 heterocycles. The second-order valence-corrected chi connectivity index (χ2v) is 4.64. The van der Waals surface area contributed by atoms with Gasteiger partial charge in [-0.15, -0.1) is 0 Å². The summed E-state index contributed by atoms with van der Waals surface area (Å²) in [6.45, 7) is 2.11. The number of nitrogens with two attached hydrogens (primary N) is 1. The van der Waals surface area contributed by atoms with Crippen LogP contribution in [0.25, 0.3) is 0 Å². The zero-order valence-corrected chi connectivity index (χ0v) is 9.57. The summed E-state index contributed by atoms with van der Waals surface area (Å²) in [6, 6.07) is 10.3. The van der Waals surface area contributed by atoms with Gasteiger partial charge in [-0.1, -0.05) is 30.3 Å². The molecule has 0 fully saturated rings. The van der Waals surface area contributed by atoms with Gasteiger partial charge in [-0.2, -0.15) is 8.42 Å². The second kappa shape index (κ2) is 7.39. The molecule has 1 aromatic carbocycles. The Morgan fingerprint density at radius 2 is 1.73 bits per heavy atom. The SMILES string of the molecule is CCS(=O)(=O)O.NCCc1ccccc1. The molecule has 15 heavy (non-hydrogen) atoms. The highest BCUT2D eigenvalue weighted by Gasteiger charge is 1.93. The molecule has 0 saturated heterocycles. The molecule has 0 aliphatic rings. The lowest BCUT2D eigenvalue weighted by atomic mass is 10.2. The van der Waals surface area contributed by atoms with Gasteiger partial charge >= 0.3 is 0 Å². The third kappa shape index (κ3) is 9.40. The van der Waals surface area contributed by atoms with Crippen LogP contribution in [-0.4, -0.2) is 25.3 Å². The van der Waals surface area contributed by atoms with E-state index >= 15 is 0 Å². The lowest BCUT2D eigenvalue weighted by Gasteiger charge is -1.93. The molecule has 5 heteroatoms. The van der Waals surface area contributed by atoms with Crippen LogP contribution in [0.2, 0.25) is 0 Å². The molecule has 0 aromatic heterocycles. The minimum atomic E-state index is -3.66. The van der Waals surface area contributed by atoms with E-state index in [1.54, 1.807) is 0 Å². The summed E-state index contributed by atoms with van der Waals surface area (Å²) >= 11 is 0. The minimum absolute atomic E-state index is 0.201. The number of hydrogen-bond donors (Lipinski definition) is 2. The molecule has 0 bridgehead atoms. The Morgan fingerprint density at radius 3 is 2.07 bits per heavy atom. The van der Waals surface area contributed by atoms with Gasteiger partial charge in [0.05, 0.1) is 5.75 Å². The first-order valence-corrected chi connectivity index (χ1v) is 6.29. The van der Waals surface area contributed by atoms with Crippen molar-refractivity contribution < 1.29 is 13.0 Å². The zero-order valence-electron chi connectivity index (χ0n) is 8.76. The Kier molecular flexibility index (Phi) is 6.94. The van der Waals surface area contributed by atoms with Gasteiger partial charge in [0, 0.05) is 0 Å². The summed E-state index contributed by atoms with van der Waals surface area (Å²) in [4.78, 5) is 0. The van der Waals surface area contributed by atoms with Crippen LogP contribution in [-0.2, 0) is 16.5 Å². The highest BCUT2D eigenvalue weighted by molar-refractivity contribution is 7.85. The molecule has 0 spiro atoms. The molecule has 86 valence electrons. The monoisotopic (exact) mass is 231 g/mol. The van der Waals surface area contributed by atoms with Crippen molar-refractivity contribution in [2.24, 2.45) is 5.73 Å². The lowest BCUT2D eigenvalue weighted by molar-refractivity contribution is 0.484. The second-order valence-electron chi connectivity index (χ2n) is 2.89. The van der Waals surface area contributed by atoms with Gasteiger partial charge in [0.15, 0.2) is 0 Å². The first-order chi connectivity index (χ1) is 6.99. The largest absolute Gasteiger partial charge is 0.330 e. The van der Waals surface area contributed by atoms with Crippen molar-refractivity contribution in [3.05, 3.63) is 35.9 Å². The third-order valence-electron chi connectivity index (χ3n) is 1.64. The zero-order chi connectivity index (χ0) is 11.7. The molecule has 1 aromatic rings. The summed E-state index contributed by atoms with van der Waals surface area (Å²) in [6.07, 6.45) is 0.987. The van der Waals surface area contributed by atoms with Crippen LogP contribution in [0, 0.1) is 0 Å². The summed E-state index contributed by atoms with van der Waals surface area (Å²) in [5.74, 6) is -0.201. The van der Waals surface area contributed by atoms with E-state index in [1.165, 1.54) is 12.5 Å². The van der Waals surface area contributed by atoms with Crippen LogP contribution in [0.1, 0.15) is 12.5 Å². The molecule has 0 radical (unpaired) electrons. The molecular weight excluding hydrogens is 214 g/mol. The molecule has 0 aliphatic heterocycles. The molecule has 0 unspecified atom stereocenters. The van der Waals surface area contributed by atoms with Crippen molar-refractivity contribution in [1.29, 1.82) is 0 Å². The molecule has 0 atom stereocenters. The van der Waals surface area contributed by atoms with E-state index in [0.717, 1.165) is 13.0 Å². The Balaban J connectivity index is 0.000000288. The predicted octanol–water partition coefficient (Wildman–Crippen LogP) is 1.08. The molecule has 1 rings (SSSR count). The van der Waals surface area contributed by atoms with Gasteiger partial charge < -0.3 is 5.73 Å². The maximum atomic E-state index is 9.56. The van der Waals surface area contributed by atoms with Crippen LogP contribution in [0.5, 0.6) is 0 Å². The van der Waals surface area contributed by atoms with E-state index < -0.39 is 10.1 Å². The first-order valence-electron chi connectivity index (χ1n) is 4.68. The van der Waals surface area contributed by atoms with E-state index in [1.807, 2.05) is 18.2 Å². The summed E-state index contributed by atoms with van der Waals surface area (Å²) in [5, 5.41) is 0. The van der Waals surface area contributed by atoms with Crippen LogP contribution in [0.15, 0.2) is 30.3 Å². The number of hydrogen-bond acceptors (Lipinski definition) is 3. The average molecular weight is 231 g/mol. The molecule has 0 saturated carbocycles. The third-order valence-corrected chi connectivity index (χ3v) is 2.37. The molecule has 0 aliphatic carbocycles. The van der Waals surface area contributed by atoms with Crippen LogP contribution >= 0.6 is 0 Å². The van der Waals surface area contributed by atoms with Crippen LogP contribution < -0.4 is 5.73 Å². The summed E-state index contributed by atoms with van der Waals surface area (Å²) in [7, 11) is -3.66. The van der Waals surface area contributed by atoms with E-state index in [-0.39, 0.29) is 5.75 Å².